The van der Waals surface area contributed by atoms with Crippen LogP contribution in [0.4, 0.5) is 9.18 Å². The van der Waals surface area contributed by atoms with Crippen LogP contribution in [0.2, 0.25) is 0 Å². The fourth-order valence-electron chi connectivity index (χ4n) is 3.03. The van der Waals surface area contributed by atoms with Crippen molar-refractivity contribution < 1.29 is 19.1 Å². The van der Waals surface area contributed by atoms with Gasteiger partial charge in [0.25, 0.3) is 0 Å². The third-order valence-corrected chi connectivity index (χ3v) is 4.35. The lowest BCUT2D eigenvalue weighted by molar-refractivity contribution is 0.0833. The first-order valence-electron chi connectivity index (χ1n) is 8.46. The van der Waals surface area contributed by atoms with Crippen LogP contribution in [0.15, 0.2) is 36.8 Å². The summed E-state index contributed by atoms with van der Waals surface area (Å²) in [6.45, 7) is 0.871. The molecule has 1 aliphatic heterocycles. The maximum absolute atomic E-state index is 13.5. The van der Waals surface area contributed by atoms with Crippen LogP contribution in [0.5, 0.6) is 5.88 Å². The summed E-state index contributed by atoms with van der Waals surface area (Å²) < 4.78 is 15.1. The molecule has 10 heteroatoms. The van der Waals surface area contributed by atoms with Crippen LogP contribution in [0.25, 0.3) is 17.2 Å². The lowest BCUT2D eigenvalue weighted by Crippen LogP contribution is -2.48. The van der Waals surface area contributed by atoms with Crippen LogP contribution in [0.1, 0.15) is 12.8 Å². The Morgan fingerprint density at radius 1 is 1.33 bits per heavy atom. The summed E-state index contributed by atoms with van der Waals surface area (Å²) in [6.07, 6.45) is 5.03. The number of likely N-dealkylation sites (tertiary alicyclic amines) is 1. The summed E-state index contributed by atoms with van der Waals surface area (Å²) in [7, 11) is 0. The van der Waals surface area contributed by atoms with Crippen LogP contribution < -0.4 is 10.3 Å². The average Bonchev–Trinajstić information content (AvgIpc) is 3.10. The monoisotopic (exact) mass is 372 g/mol. The van der Waals surface area contributed by atoms with E-state index in [1.54, 1.807) is 22.7 Å². The maximum Gasteiger partial charge on any atom is 0.407 e. The number of halogens is 1. The highest BCUT2D eigenvalue weighted by Gasteiger charge is 2.23. The zero-order valence-electron chi connectivity index (χ0n) is 14.2. The maximum atomic E-state index is 13.5. The minimum atomic E-state index is -0.939. The van der Waals surface area contributed by atoms with E-state index < -0.39 is 11.9 Å². The number of nitrogens with one attached hydrogen (secondary N) is 1. The number of hydrogen-bond donors (Lipinski definition) is 2. The normalized spacial score (nSPS) is 17.2. The van der Waals surface area contributed by atoms with Gasteiger partial charge in [-0.1, -0.05) is 0 Å². The lowest BCUT2D eigenvalue weighted by Gasteiger charge is -2.30. The van der Waals surface area contributed by atoms with Gasteiger partial charge in [-0.05, 0) is 25.0 Å². The molecule has 140 valence electrons. The van der Waals surface area contributed by atoms with E-state index in [0.29, 0.717) is 30.3 Å². The number of piperidine rings is 1. The third-order valence-electron chi connectivity index (χ3n) is 4.35. The van der Waals surface area contributed by atoms with E-state index in [1.807, 2.05) is 0 Å². The predicted octanol–water partition coefficient (Wildman–Crippen LogP) is 1.96. The number of imidazole rings is 1. The van der Waals surface area contributed by atoms with Gasteiger partial charge in [0.05, 0.1) is 12.2 Å². The molecule has 0 saturated carbocycles. The average molecular weight is 372 g/mol. The number of pyridine rings is 1. The van der Waals surface area contributed by atoms with Gasteiger partial charge in [-0.3, -0.25) is 4.40 Å². The summed E-state index contributed by atoms with van der Waals surface area (Å²) in [5.41, 5.74) is 3.98. The molecule has 1 aliphatic rings. The zero-order valence-corrected chi connectivity index (χ0v) is 14.2. The molecule has 1 fully saturated rings. The number of hydrogen-bond acceptors (Lipinski definition) is 6. The molecule has 4 heterocycles. The van der Waals surface area contributed by atoms with E-state index in [-0.39, 0.29) is 11.9 Å². The van der Waals surface area contributed by atoms with Gasteiger partial charge in [0.2, 0.25) is 5.88 Å². The molecule has 0 radical (unpaired) electrons. The van der Waals surface area contributed by atoms with Crippen LogP contribution in [0, 0.1) is 5.82 Å². The Bertz CT molecular complexity index is 978. The Balaban J connectivity index is 1.49. The Morgan fingerprint density at radius 3 is 3.07 bits per heavy atom. The van der Waals surface area contributed by atoms with E-state index in [1.165, 1.54) is 23.4 Å². The number of aromatic nitrogens is 4. The SMILES string of the molecule is O=C(O)N1CCC[C@@H](NOc2ccnc(-c3cnc4ccc(F)cn34)n2)C1. The lowest BCUT2D eigenvalue weighted by atomic mass is 10.1. The Morgan fingerprint density at radius 2 is 2.22 bits per heavy atom. The minimum Gasteiger partial charge on any atom is -0.465 e. The molecule has 27 heavy (non-hydrogen) atoms. The molecule has 1 amide bonds. The van der Waals surface area contributed by atoms with Crippen LogP contribution in [0.3, 0.4) is 0 Å². The van der Waals surface area contributed by atoms with E-state index >= 15 is 0 Å². The van der Waals surface area contributed by atoms with Crippen molar-refractivity contribution >= 4 is 11.7 Å². The summed E-state index contributed by atoms with van der Waals surface area (Å²) in [5.74, 6) is 0.220. The van der Waals surface area contributed by atoms with Crippen molar-refractivity contribution in [3.63, 3.8) is 0 Å². The second kappa shape index (κ2) is 7.16. The molecule has 0 spiro atoms. The van der Waals surface area contributed by atoms with Gasteiger partial charge in [0.1, 0.15) is 17.2 Å². The van der Waals surface area contributed by atoms with E-state index in [2.05, 4.69) is 20.4 Å². The Labute approximate surface area is 153 Å². The van der Waals surface area contributed by atoms with Crippen LogP contribution >= 0.6 is 0 Å². The first kappa shape index (κ1) is 17.2. The predicted molar refractivity (Wildman–Crippen MR) is 92.6 cm³/mol. The van der Waals surface area contributed by atoms with Gasteiger partial charge in [0, 0.05) is 31.5 Å². The van der Waals surface area contributed by atoms with E-state index in [4.69, 9.17) is 9.94 Å². The molecule has 2 N–H and O–H groups in total. The highest BCUT2D eigenvalue weighted by atomic mass is 19.1. The van der Waals surface area contributed by atoms with Crippen LogP contribution in [-0.2, 0) is 0 Å². The Kier molecular flexibility index (Phi) is 4.55. The highest BCUT2D eigenvalue weighted by molar-refractivity contribution is 5.65. The molecule has 0 unspecified atom stereocenters. The number of carboxylic acid groups (broad SMARTS) is 1. The third kappa shape index (κ3) is 3.65. The van der Waals surface area contributed by atoms with Crippen molar-refractivity contribution in [2.75, 3.05) is 13.1 Å². The number of fused-ring (bicyclic) bond motifs is 1. The topological polar surface area (TPSA) is 105 Å². The second-order valence-corrected chi connectivity index (χ2v) is 6.23. The highest BCUT2D eigenvalue weighted by Crippen LogP contribution is 2.19. The van der Waals surface area contributed by atoms with Crippen molar-refractivity contribution in [3.05, 3.63) is 42.6 Å². The summed E-state index contributed by atoms with van der Waals surface area (Å²) in [4.78, 5) is 30.7. The largest absolute Gasteiger partial charge is 0.465 e. The molecule has 3 aromatic heterocycles. The van der Waals surface area contributed by atoms with Gasteiger partial charge in [-0.25, -0.2) is 19.2 Å². The van der Waals surface area contributed by atoms with Crippen LogP contribution in [-0.4, -0.2) is 54.6 Å². The van der Waals surface area contributed by atoms with Crippen molar-refractivity contribution in [1.29, 1.82) is 0 Å². The Hall–Kier alpha value is -3.27. The quantitative estimate of drug-likeness (QED) is 0.675. The molecular weight excluding hydrogens is 355 g/mol. The number of rotatable bonds is 4. The first-order chi connectivity index (χ1) is 13.1. The number of amides is 1. The summed E-state index contributed by atoms with van der Waals surface area (Å²) >= 11 is 0. The van der Waals surface area contributed by atoms with Gasteiger partial charge in [-0.2, -0.15) is 4.98 Å². The molecule has 4 rings (SSSR count). The smallest absolute Gasteiger partial charge is 0.407 e. The summed E-state index contributed by atoms with van der Waals surface area (Å²) in [6, 6.07) is 4.36. The fraction of sp³-hybridized carbons (Fsp3) is 0.294. The number of carbonyl (C=O) groups is 1. The van der Waals surface area contributed by atoms with E-state index in [0.717, 1.165) is 12.8 Å². The minimum absolute atomic E-state index is 0.127. The van der Waals surface area contributed by atoms with Crippen molar-refractivity contribution in [3.8, 4) is 17.4 Å². The number of nitrogens with zero attached hydrogens (tertiary/aromatic N) is 5. The molecule has 1 saturated heterocycles. The van der Waals surface area contributed by atoms with Crippen molar-refractivity contribution in [2.45, 2.75) is 18.9 Å². The molecule has 3 aromatic rings. The van der Waals surface area contributed by atoms with Gasteiger partial charge < -0.3 is 14.8 Å². The van der Waals surface area contributed by atoms with Crippen molar-refractivity contribution in [1.82, 2.24) is 29.7 Å². The van der Waals surface area contributed by atoms with E-state index in [9.17, 15) is 9.18 Å². The molecule has 1 atom stereocenters. The van der Waals surface area contributed by atoms with Crippen molar-refractivity contribution in [2.24, 2.45) is 0 Å². The van der Waals surface area contributed by atoms with Gasteiger partial charge >= 0.3 is 6.09 Å². The molecule has 0 aromatic carbocycles. The second-order valence-electron chi connectivity index (χ2n) is 6.23. The van der Waals surface area contributed by atoms with Gasteiger partial charge in [-0.15, -0.1) is 5.48 Å². The standard InChI is InChI=1S/C17H17FN6O3/c18-11-3-4-14-20-8-13(24(14)9-11)16-19-6-5-15(21-16)27-22-12-2-1-7-23(10-12)17(25)26/h3-6,8-9,12,22H,1-2,7,10H2,(H,25,26)/t12-/m1/s1. The first-order valence-corrected chi connectivity index (χ1v) is 8.46. The molecule has 0 aliphatic carbocycles. The molecule has 0 bridgehead atoms. The molecule has 9 nitrogen and oxygen atoms in total. The number of hydroxylamine groups is 1. The fourth-order valence-corrected chi connectivity index (χ4v) is 3.03. The molecular formula is C17H17FN6O3. The van der Waals surface area contributed by atoms with Gasteiger partial charge in [0.15, 0.2) is 5.82 Å². The summed E-state index contributed by atoms with van der Waals surface area (Å²) in [5, 5.41) is 9.09. The zero-order chi connectivity index (χ0) is 18.8.